The Kier molecular flexibility index (Phi) is 4.32. The van der Waals surface area contributed by atoms with Crippen LogP contribution < -0.4 is 14.8 Å². The van der Waals surface area contributed by atoms with Crippen LogP contribution in [0.1, 0.15) is 24.5 Å². The van der Waals surface area contributed by atoms with Gasteiger partial charge >= 0.3 is 0 Å². The van der Waals surface area contributed by atoms with E-state index in [4.69, 9.17) is 21.1 Å². The minimum Gasteiger partial charge on any atom is -0.493 e. The van der Waals surface area contributed by atoms with Crippen molar-refractivity contribution in [2.75, 3.05) is 20.8 Å². The summed E-state index contributed by atoms with van der Waals surface area (Å²) in [6.07, 6.45) is 1.40. The zero-order valence-corrected chi connectivity index (χ0v) is 11.3. The van der Waals surface area contributed by atoms with Crippen molar-refractivity contribution in [2.24, 2.45) is 0 Å². The summed E-state index contributed by atoms with van der Waals surface area (Å²) in [5, 5.41) is 14.1. The van der Waals surface area contributed by atoms with Gasteiger partial charge < -0.3 is 19.9 Å². The van der Waals surface area contributed by atoms with Crippen molar-refractivity contribution in [3.05, 3.63) is 22.7 Å². The second-order valence-electron chi connectivity index (χ2n) is 4.38. The maximum atomic E-state index is 10.3. The number of benzene rings is 1. The molecule has 1 aromatic carbocycles. The van der Waals surface area contributed by atoms with E-state index in [1.54, 1.807) is 26.4 Å². The molecule has 5 heteroatoms. The van der Waals surface area contributed by atoms with Gasteiger partial charge in [-0.05, 0) is 25.5 Å². The molecule has 0 amide bonds. The van der Waals surface area contributed by atoms with Crippen LogP contribution in [0, 0.1) is 0 Å². The van der Waals surface area contributed by atoms with Crippen LogP contribution in [-0.4, -0.2) is 31.9 Å². The van der Waals surface area contributed by atoms with Gasteiger partial charge in [0, 0.05) is 17.7 Å². The summed E-state index contributed by atoms with van der Waals surface area (Å²) in [6.45, 7) is 0.937. The van der Waals surface area contributed by atoms with Crippen LogP contribution in [0.15, 0.2) is 12.1 Å². The Labute approximate surface area is 112 Å². The number of rotatable bonds is 4. The number of hydrogen-bond acceptors (Lipinski definition) is 4. The second-order valence-corrected chi connectivity index (χ2v) is 4.78. The fourth-order valence-corrected chi connectivity index (χ4v) is 2.56. The van der Waals surface area contributed by atoms with Crippen LogP contribution in [0.25, 0.3) is 0 Å². The third kappa shape index (κ3) is 2.55. The first-order chi connectivity index (χ1) is 8.67. The average molecular weight is 272 g/mol. The quantitative estimate of drug-likeness (QED) is 0.881. The first-order valence-electron chi connectivity index (χ1n) is 6.00. The molecule has 100 valence electrons. The number of methoxy groups -OCH3 is 2. The van der Waals surface area contributed by atoms with E-state index in [-0.39, 0.29) is 6.04 Å². The summed E-state index contributed by atoms with van der Waals surface area (Å²) < 4.78 is 10.4. The minimum absolute atomic E-state index is 0.0561. The van der Waals surface area contributed by atoms with Gasteiger partial charge in [0.1, 0.15) is 0 Å². The normalized spacial score (nSPS) is 20.8. The Bertz CT molecular complexity index is 419. The first kappa shape index (κ1) is 13.5. The molecule has 1 saturated heterocycles. The summed E-state index contributed by atoms with van der Waals surface area (Å²) in [5.41, 5.74) is 0.675. The molecule has 0 spiro atoms. The maximum absolute atomic E-state index is 10.3. The maximum Gasteiger partial charge on any atom is 0.162 e. The number of hydrogen-bond donors (Lipinski definition) is 2. The van der Waals surface area contributed by atoms with E-state index in [9.17, 15) is 5.11 Å². The molecule has 0 aromatic heterocycles. The highest BCUT2D eigenvalue weighted by Gasteiger charge is 2.26. The molecule has 0 saturated carbocycles. The van der Waals surface area contributed by atoms with Crippen molar-refractivity contribution in [2.45, 2.75) is 25.0 Å². The SMILES string of the molecule is COc1cc(Cl)c(C(O)C2CCCN2)cc1OC. The molecule has 1 fully saturated rings. The van der Waals surface area contributed by atoms with Crippen molar-refractivity contribution in [3.63, 3.8) is 0 Å². The number of aliphatic hydroxyl groups is 1. The number of halogens is 1. The number of nitrogens with one attached hydrogen (secondary N) is 1. The Hall–Kier alpha value is -0.970. The van der Waals surface area contributed by atoms with Gasteiger partial charge in [0.05, 0.1) is 25.3 Å². The molecule has 2 rings (SSSR count). The van der Waals surface area contributed by atoms with Crippen LogP contribution in [-0.2, 0) is 0 Å². The summed E-state index contributed by atoms with van der Waals surface area (Å²) in [5.74, 6) is 1.15. The number of aliphatic hydroxyl groups excluding tert-OH is 1. The van der Waals surface area contributed by atoms with Gasteiger partial charge in [-0.2, -0.15) is 0 Å². The minimum atomic E-state index is -0.625. The van der Waals surface area contributed by atoms with E-state index in [0.29, 0.717) is 22.1 Å². The molecular formula is C13H18ClNO3. The molecule has 0 bridgehead atoms. The van der Waals surface area contributed by atoms with Crippen LogP contribution in [0.4, 0.5) is 0 Å². The lowest BCUT2D eigenvalue weighted by molar-refractivity contribution is 0.137. The lowest BCUT2D eigenvalue weighted by atomic mass is 10.0. The molecule has 18 heavy (non-hydrogen) atoms. The molecule has 4 nitrogen and oxygen atoms in total. The molecular weight excluding hydrogens is 254 g/mol. The number of ether oxygens (including phenoxy) is 2. The first-order valence-corrected chi connectivity index (χ1v) is 6.38. The predicted molar refractivity (Wildman–Crippen MR) is 70.5 cm³/mol. The van der Waals surface area contributed by atoms with Crippen molar-refractivity contribution in [3.8, 4) is 11.5 Å². The Balaban J connectivity index is 2.31. The van der Waals surface area contributed by atoms with Gasteiger partial charge in [0.25, 0.3) is 0 Å². The molecule has 1 aliphatic rings. The molecule has 0 aliphatic carbocycles. The molecule has 1 heterocycles. The summed E-state index contributed by atoms with van der Waals surface area (Å²) >= 11 is 6.19. The van der Waals surface area contributed by atoms with Crippen molar-refractivity contribution < 1.29 is 14.6 Å². The van der Waals surface area contributed by atoms with E-state index in [2.05, 4.69) is 5.32 Å². The molecule has 0 radical (unpaired) electrons. The van der Waals surface area contributed by atoms with E-state index in [0.717, 1.165) is 19.4 Å². The molecule has 2 N–H and O–H groups in total. The highest BCUT2D eigenvalue weighted by atomic mass is 35.5. The van der Waals surface area contributed by atoms with Crippen molar-refractivity contribution >= 4 is 11.6 Å². The van der Waals surface area contributed by atoms with Gasteiger partial charge in [0.2, 0.25) is 0 Å². The molecule has 1 aromatic rings. The van der Waals surface area contributed by atoms with Crippen LogP contribution in [0.3, 0.4) is 0 Å². The monoisotopic (exact) mass is 271 g/mol. The lowest BCUT2D eigenvalue weighted by Gasteiger charge is -2.21. The van der Waals surface area contributed by atoms with Gasteiger partial charge in [-0.3, -0.25) is 0 Å². The lowest BCUT2D eigenvalue weighted by Crippen LogP contribution is -2.28. The Morgan fingerprint density at radius 1 is 1.33 bits per heavy atom. The summed E-state index contributed by atoms with van der Waals surface area (Å²) in [6, 6.07) is 3.47. The fraction of sp³-hybridized carbons (Fsp3) is 0.538. The van der Waals surface area contributed by atoms with Crippen LogP contribution in [0.5, 0.6) is 11.5 Å². The van der Waals surface area contributed by atoms with Gasteiger partial charge in [-0.25, -0.2) is 0 Å². The van der Waals surface area contributed by atoms with Crippen molar-refractivity contribution in [1.82, 2.24) is 5.32 Å². The van der Waals surface area contributed by atoms with E-state index >= 15 is 0 Å². The summed E-state index contributed by atoms with van der Waals surface area (Å²) in [7, 11) is 3.12. The predicted octanol–water partition coefficient (Wildman–Crippen LogP) is 2.14. The fourth-order valence-electron chi connectivity index (χ4n) is 2.29. The Morgan fingerprint density at radius 2 is 2.00 bits per heavy atom. The Morgan fingerprint density at radius 3 is 2.56 bits per heavy atom. The molecule has 1 aliphatic heterocycles. The van der Waals surface area contributed by atoms with Crippen LogP contribution in [0.2, 0.25) is 5.02 Å². The largest absolute Gasteiger partial charge is 0.493 e. The van der Waals surface area contributed by atoms with Gasteiger partial charge in [-0.1, -0.05) is 11.6 Å². The van der Waals surface area contributed by atoms with E-state index in [1.165, 1.54) is 0 Å². The topological polar surface area (TPSA) is 50.7 Å². The van der Waals surface area contributed by atoms with Gasteiger partial charge in [0.15, 0.2) is 11.5 Å². The molecule has 2 unspecified atom stereocenters. The van der Waals surface area contributed by atoms with Crippen LogP contribution >= 0.6 is 11.6 Å². The summed E-state index contributed by atoms with van der Waals surface area (Å²) in [4.78, 5) is 0. The van der Waals surface area contributed by atoms with Gasteiger partial charge in [-0.15, -0.1) is 0 Å². The second kappa shape index (κ2) is 5.78. The highest BCUT2D eigenvalue weighted by molar-refractivity contribution is 6.31. The standard InChI is InChI=1S/C13H18ClNO3/c1-17-11-6-8(9(14)7-12(11)18-2)13(16)10-4-3-5-15-10/h6-7,10,13,15-16H,3-5H2,1-2H3. The smallest absolute Gasteiger partial charge is 0.162 e. The van der Waals surface area contributed by atoms with Crippen molar-refractivity contribution in [1.29, 1.82) is 0 Å². The highest BCUT2D eigenvalue weighted by Crippen LogP contribution is 2.37. The van der Waals surface area contributed by atoms with E-state index < -0.39 is 6.10 Å². The third-order valence-electron chi connectivity index (χ3n) is 3.30. The average Bonchev–Trinajstić information content (AvgIpc) is 2.91. The zero-order valence-electron chi connectivity index (χ0n) is 10.6. The zero-order chi connectivity index (χ0) is 13.1. The van der Waals surface area contributed by atoms with E-state index in [1.807, 2.05) is 0 Å². The molecule has 2 atom stereocenters. The third-order valence-corrected chi connectivity index (χ3v) is 3.63.